The molecular weight excluding hydrogens is 196 g/mol. The maximum absolute atomic E-state index is 10.3. The Balaban J connectivity index is 2.07. The fourth-order valence-electron chi connectivity index (χ4n) is 1.96. The highest BCUT2D eigenvalue weighted by molar-refractivity contribution is 5.64. The molecule has 3 N–H and O–H groups in total. The number of methoxy groups -OCH3 is 1. The summed E-state index contributed by atoms with van der Waals surface area (Å²) in [6.45, 7) is 0.994. The van der Waals surface area contributed by atoms with Crippen LogP contribution in [0.1, 0.15) is 25.7 Å². The molecule has 0 aliphatic heterocycles. The van der Waals surface area contributed by atoms with E-state index in [2.05, 4.69) is 10.1 Å². The van der Waals surface area contributed by atoms with Crippen LogP contribution in [0, 0.1) is 0 Å². The standard InChI is InChI=1S/C10H20N2O3/c1-14-9-4-2-3-8(7-9)12-5-6-15-10(11)13/h8-9,12H,2-7H2,1H3,(H2,11,13). The van der Waals surface area contributed by atoms with E-state index in [1.54, 1.807) is 7.11 Å². The number of rotatable bonds is 5. The third-order valence-corrected chi connectivity index (χ3v) is 2.74. The van der Waals surface area contributed by atoms with Crippen molar-refractivity contribution in [2.75, 3.05) is 20.3 Å². The molecule has 1 fully saturated rings. The van der Waals surface area contributed by atoms with Crippen LogP contribution in [0.15, 0.2) is 0 Å². The summed E-state index contributed by atoms with van der Waals surface area (Å²) in [7, 11) is 1.75. The second kappa shape index (κ2) is 6.63. The Hall–Kier alpha value is -0.810. The highest BCUT2D eigenvalue weighted by atomic mass is 16.5. The second-order valence-corrected chi connectivity index (χ2v) is 3.84. The summed E-state index contributed by atoms with van der Waals surface area (Å²) in [4.78, 5) is 10.3. The van der Waals surface area contributed by atoms with E-state index in [9.17, 15) is 4.79 Å². The van der Waals surface area contributed by atoms with E-state index in [0.29, 0.717) is 25.3 Å². The first-order valence-electron chi connectivity index (χ1n) is 5.40. The second-order valence-electron chi connectivity index (χ2n) is 3.84. The van der Waals surface area contributed by atoms with Crippen molar-refractivity contribution in [1.82, 2.24) is 5.32 Å². The molecule has 0 aromatic rings. The number of amides is 1. The first kappa shape index (κ1) is 12.3. The molecule has 1 rings (SSSR count). The van der Waals surface area contributed by atoms with Gasteiger partial charge in [0.05, 0.1) is 6.10 Å². The number of nitrogens with one attached hydrogen (secondary N) is 1. The largest absolute Gasteiger partial charge is 0.448 e. The van der Waals surface area contributed by atoms with Crippen LogP contribution in [-0.4, -0.2) is 38.5 Å². The van der Waals surface area contributed by atoms with Crippen LogP contribution in [0.3, 0.4) is 0 Å². The minimum Gasteiger partial charge on any atom is -0.448 e. The first-order chi connectivity index (χ1) is 7.22. The van der Waals surface area contributed by atoms with E-state index in [-0.39, 0.29) is 0 Å². The zero-order chi connectivity index (χ0) is 11.1. The minimum atomic E-state index is -0.713. The molecule has 5 nitrogen and oxygen atoms in total. The van der Waals surface area contributed by atoms with Crippen LogP contribution >= 0.6 is 0 Å². The molecule has 0 aromatic carbocycles. The topological polar surface area (TPSA) is 73.6 Å². The minimum absolute atomic E-state index is 0.337. The Kier molecular flexibility index (Phi) is 5.42. The van der Waals surface area contributed by atoms with Gasteiger partial charge in [-0.15, -0.1) is 0 Å². The molecule has 5 heteroatoms. The smallest absolute Gasteiger partial charge is 0.404 e. The van der Waals surface area contributed by atoms with Crippen molar-refractivity contribution in [3.8, 4) is 0 Å². The summed E-state index contributed by atoms with van der Waals surface area (Å²) < 4.78 is 9.95. The molecule has 1 aliphatic rings. The molecule has 2 atom stereocenters. The van der Waals surface area contributed by atoms with Crippen molar-refractivity contribution in [3.63, 3.8) is 0 Å². The normalized spacial score (nSPS) is 26.2. The van der Waals surface area contributed by atoms with E-state index < -0.39 is 6.09 Å². The lowest BCUT2D eigenvalue weighted by Crippen LogP contribution is -2.38. The number of ether oxygens (including phenoxy) is 2. The molecule has 2 unspecified atom stereocenters. The maximum Gasteiger partial charge on any atom is 0.404 e. The van der Waals surface area contributed by atoms with Gasteiger partial charge in [0.15, 0.2) is 0 Å². The Bertz CT molecular complexity index is 199. The molecule has 0 aromatic heterocycles. The fraction of sp³-hybridized carbons (Fsp3) is 0.900. The number of hydrogen-bond donors (Lipinski definition) is 2. The molecule has 1 amide bonds. The predicted molar refractivity (Wildman–Crippen MR) is 56.6 cm³/mol. The highest BCUT2D eigenvalue weighted by Gasteiger charge is 2.20. The van der Waals surface area contributed by atoms with Crippen LogP contribution in [0.4, 0.5) is 4.79 Å². The molecule has 88 valence electrons. The van der Waals surface area contributed by atoms with Gasteiger partial charge in [-0.3, -0.25) is 0 Å². The summed E-state index contributed by atoms with van der Waals surface area (Å²) in [6.07, 6.45) is 4.19. The summed E-state index contributed by atoms with van der Waals surface area (Å²) in [5.74, 6) is 0. The van der Waals surface area contributed by atoms with Gasteiger partial charge in [0, 0.05) is 19.7 Å². The van der Waals surface area contributed by atoms with Crippen LogP contribution in [0.5, 0.6) is 0 Å². The van der Waals surface area contributed by atoms with Crippen molar-refractivity contribution >= 4 is 6.09 Å². The zero-order valence-corrected chi connectivity index (χ0v) is 9.20. The lowest BCUT2D eigenvalue weighted by Gasteiger charge is -2.28. The summed E-state index contributed by atoms with van der Waals surface area (Å²) in [5, 5.41) is 3.33. The molecular formula is C10H20N2O3. The van der Waals surface area contributed by atoms with Crippen molar-refractivity contribution < 1.29 is 14.3 Å². The van der Waals surface area contributed by atoms with Gasteiger partial charge in [-0.05, 0) is 25.7 Å². The fourth-order valence-corrected chi connectivity index (χ4v) is 1.96. The van der Waals surface area contributed by atoms with Gasteiger partial charge >= 0.3 is 6.09 Å². The third-order valence-electron chi connectivity index (χ3n) is 2.74. The highest BCUT2D eigenvalue weighted by Crippen LogP contribution is 2.20. The number of nitrogens with two attached hydrogens (primary N) is 1. The third kappa shape index (κ3) is 4.99. The summed E-state index contributed by atoms with van der Waals surface area (Å²) in [5.41, 5.74) is 4.85. The Morgan fingerprint density at radius 3 is 3.00 bits per heavy atom. The monoisotopic (exact) mass is 216 g/mol. The van der Waals surface area contributed by atoms with E-state index in [1.165, 1.54) is 6.42 Å². The van der Waals surface area contributed by atoms with Gasteiger partial charge in [-0.1, -0.05) is 0 Å². The molecule has 0 radical (unpaired) electrons. The van der Waals surface area contributed by atoms with Crippen molar-refractivity contribution in [2.45, 2.75) is 37.8 Å². The van der Waals surface area contributed by atoms with Crippen molar-refractivity contribution in [2.24, 2.45) is 5.73 Å². The van der Waals surface area contributed by atoms with E-state index >= 15 is 0 Å². The Labute approximate surface area is 90.3 Å². The molecule has 0 saturated heterocycles. The van der Waals surface area contributed by atoms with Crippen molar-refractivity contribution in [1.29, 1.82) is 0 Å². The Morgan fingerprint density at radius 2 is 2.33 bits per heavy atom. The maximum atomic E-state index is 10.3. The quantitative estimate of drug-likeness (QED) is 0.661. The number of primary amides is 1. The average Bonchev–Trinajstić information content (AvgIpc) is 2.24. The average molecular weight is 216 g/mol. The summed E-state index contributed by atoms with van der Waals surface area (Å²) >= 11 is 0. The number of carbonyl (C=O) groups is 1. The van der Waals surface area contributed by atoms with E-state index in [4.69, 9.17) is 10.5 Å². The first-order valence-corrected chi connectivity index (χ1v) is 5.40. The molecule has 0 spiro atoms. The predicted octanol–water partition coefficient (Wildman–Crippen LogP) is 0.629. The van der Waals surface area contributed by atoms with Gasteiger partial charge in [0.1, 0.15) is 6.61 Å². The molecule has 0 bridgehead atoms. The number of carbonyl (C=O) groups excluding carboxylic acids is 1. The Morgan fingerprint density at radius 1 is 1.53 bits per heavy atom. The van der Waals surface area contributed by atoms with Crippen molar-refractivity contribution in [3.05, 3.63) is 0 Å². The van der Waals surface area contributed by atoms with Crippen LogP contribution in [0.25, 0.3) is 0 Å². The molecule has 15 heavy (non-hydrogen) atoms. The van der Waals surface area contributed by atoms with Crippen LogP contribution < -0.4 is 11.1 Å². The molecule has 1 saturated carbocycles. The lowest BCUT2D eigenvalue weighted by atomic mass is 9.93. The zero-order valence-electron chi connectivity index (χ0n) is 9.20. The van der Waals surface area contributed by atoms with Crippen LogP contribution in [-0.2, 0) is 9.47 Å². The summed E-state index contributed by atoms with van der Waals surface area (Å²) in [6, 6.07) is 0.472. The molecule has 1 aliphatic carbocycles. The van der Waals surface area contributed by atoms with Gasteiger partial charge in [-0.25, -0.2) is 4.79 Å². The van der Waals surface area contributed by atoms with E-state index in [0.717, 1.165) is 19.3 Å². The van der Waals surface area contributed by atoms with Gasteiger partial charge < -0.3 is 20.5 Å². The molecule has 0 heterocycles. The van der Waals surface area contributed by atoms with Gasteiger partial charge in [0.25, 0.3) is 0 Å². The van der Waals surface area contributed by atoms with Gasteiger partial charge in [-0.2, -0.15) is 0 Å². The van der Waals surface area contributed by atoms with E-state index in [1.807, 2.05) is 0 Å². The van der Waals surface area contributed by atoms with Crippen LogP contribution in [0.2, 0.25) is 0 Å². The lowest BCUT2D eigenvalue weighted by molar-refractivity contribution is 0.0577. The SMILES string of the molecule is COC1CCCC(NCCOC(N)=O)C1. The van der Waals surface area contributed by atoms with Gasteiger partial charge in [0.2, 0.25) is 0 Å². The number of hydrogen-bond acceptors (Lipinski definition) is 4.